The third-order valence-corrected chi connectivity index (χ3v) is 3.56. The number of nitrogens with one attached hydrogen (secondary N) is 2. The SMILES string of the molecule is NN=CNC(=O)c1[nH]c2cccc3c2c1CCCC3=O. The van der Waals surface area contributed by atoms with Crippen LogP contribution in [0.25, 0.3) is 10.9 Å². The quantitative estimate of drug-likeness (QED) is 0.332. The number of carbonyl (C=O) groups is 2. The zero-order valence-corrected chi connectivity index (χ0v) is 10.8. The van der Waals surface area contributed by atoms with Crippen molar-refractivity contribution in [1.29, 1.82) is 0 Å². The molecule has 0 bridgehead atoms. The van der Waals surface area contributed by atoms with Crippen LogP contribution in [0.15, 0.2) is 23.3 Å². The Morgan fingerprint density at radius 3 is 3.05 bits per heavy atom. The van der Waals surface area contributed by atoms with Crippen LogP contribution >= 0.6 is 0 Å². The number of aromatic amines is 1. The van der Waals surface area contributed by atoms with E-state index in [2.05, 4.69) is 15.4 Å². The number of ketones is 1. The molecule has 6 heteroatoms. The molecule has 0 radical (unpaired) electrons. The Labute approximate surface area is 115 Å². The normalized spacial score (nSPS) is 14.7. The highest BCUT2D eigenvalue weighted by molar-refractivity contribution is 6.13. The van der Waals surface area contributed by atoms with Crippen molar-refractivity contribution < 1.29 is 9.59 Å². The molecule has 0 spiro atoms. The summed E-state index contributed by atoms with van der Waals surface area (Å²) in [6.07, 6.45) is 3.10. The highest BCUT2D eigenvalue weighted by atomic mass is 16.2. The van der Waals surface area contributed by atoms with Crippen LogP contribution in [0.5, 0.6) is 0 Å². The summed E-state index contributed by atoms with van der Waals surface area (Å²) in [5, 5.41) is 6.60. The fourth-order valence-electron chi connectivity index (χ4n) is 2.72. The first-order valence-corrected chi connectivity index (χ1v) is 6.41. The minimum Gasteiger partial charge on any atom is -0.350 e. The molecule has 20 heavy (non-hydrogen) atoms. The van der Waals surface area contributed by atoms with Crippen LogP contribution in [0.4, 0.5) is 0 Å². The third-order valence-electron chi connectivity index (χ3n) is 3.56. The second kappa shape index (κ2) is 4.80. The molecular weight excluding hydrogens is 256 g/mol. The molecule has 2 aromatic rings. The standard InChI is InChI=1S/C14H14N4O2/c15-17-7-16-14(20)13-9-4-2-6-11(19)8-3-1-5-10(18-13)12(8)9/h1,3,5,7,18H,2,4,6,15H2,(H,16,17,20). The van der Waals surface area contributed by atoms with Crippen molar-refractivity contribution in [2.75, 3.05) is 0 Å². The fourth-order valence-corrected chi connectivity index (χ4v) is 2.72. The molecule has 0 unspecified atom stereocenters. The van der Waals surface area contributed by atoms with Crippen molar-refractivity contribution in [1.82, 2.24) is 10.3 Å². The first-order valence-electron chi connectivity index (χ1n) is 6.41. The topological polar surface area (TPSA) is 100 Å². The molecule has 0 fully saturated rings. The monoisotopic (exact) mass is 270 g/mol. The van der Waals surface area contributed by atoms with Crippen molar-refractivity contribution in [3.8, 4) is 0 Å². The Hall–Kier alpha value is -2.63. The lowest BCUT2D eigenvalue weighted by atomic mass is 10.0. The summed E-state index contributed by atoms with van der Waals surface area (Å²) in [6, 6.07) is 5.51. The number of nitrogens with two attached hydrogens (primary N) is 1. The van der Waals surface area contributed by atoms with Gasteiger partial charge in [-0.2, -0.15) is 5.10 Å². The van der Waals surface area contributed by atoms with Crippen LogP contribution in [0.3, 0.4) is 0 Å². The van der Waals surface area contributed by atoms with Gasteiger partial charge in [0.15, 0.2) is 5.78 Å². The van der Waals surface area contributed by atoms with E-state index in [9.17, 15) is 9.59 Å². The van der Waals surface area contributed by atoms with Gasteiger partial charge >= 0.3 is 0 Å². The summed E-state index contributed by atoms with van der Waals surface area (Å²) in [4.78, 5) is 27.3. The second-order valence-corrected chi connectivity index (χ2v) is 4.74. The molecule has 1 aliphatic carbocycles. The molecule has 0 atom stereocenters. The van der Waals surface area contributed by atoms with E-state index in [0.29, 0.717) is 24.1 Å². The van der Waals surface area contributed by atoms with Gasteiger partial charge in [-0.05, 0) is 24.5 Å². The van der Waals surface area contributed by atoms with E-state index >= 15 is 0 Å². The maximum atomic E-state index is 12.1. The van der Waals surface area contributed by atoms with Crippen molar-refractivity contribution in [2.24, 2.45) is 10.9 Å². The molecule has 0 saturated carbocycles. The number of amides is 1. The van der Waals surface area contributed by atoms with Crippen molar-refractivity contribution in [2.45, 2.75) is 19.3 Å². The Morgan fingerprint density at radius 1 is 1.40 bits per heavy atom. The van der Waals surface area contributed by atoms with Gasteiger partial charge in [-0.3, -0.25) is 9.59 Å². The predicted octanol–water partition coefficient (Wildman–Crippen LogP) is 1.32. The highest BCUT2D eigenvalue weighted by Gasteiger charge is 2.24. The first kappa shape index (κ1) is 12.4. The van der Waals surface area contributed by atoms with Crippen LogP contribution in [0.2, 0.25) is 0 Å². The predicted molar refractivity (Wildman–Crippen MR) is 75.7 cm³/mol. The van der Waals surface area contributed by atoms with Gasteiger partial charge in [0, 0.05) is 22.9 Å². The summed E-state index contributed by atoms with van der Waals surface area (Å²) in [5.41, 5.74) is 2.87. The molecule has 6 nitrogen and oxygen atoms in total. The van der Waals surface area contributed by atoms with Crippen molar-refractivity contribution >= 4 is 28.9 Å². The second-order valence-electron chi connectivity index (χ2n) is 4.74. The average Bonchev–Trinajstić information content (AvgIpc) is 2.74. The number of aryl methyl sites for hydroxylation is 1. The molecule has 1 aromatic heterocycles. The van der Waals surface area contributed by atoms with Crippen LogP contribution in [-0.4, -0.2) is 23.0 Å². The van der Waals surface area contributed by atoms with Gasteiger partial charge in [0.2, 0.25) is 0 Å². The number of carbonyl (C=O) groups excluding carboxylic acids is 2. The molecule has 1 amide bonds. The molecule has 0 saturated heterocycles. The molecule has 102 valence electrons. The smallest absolute Gasteiger partial charge is 0.273 e. The van der Waals surface area contributed by atoms with E-state index in [1.54, 1.807) is 0 Å². The van der Waals surface area contributed by atoms with E-state index in [1.165, 1.54) is 0 Å². The number of hydrogen-bond acceptors (Lipinski definition) is 4. The van der Waals surface area contributed by atoms with Gasteiger partial charge < -0.3 is 16.1 Å². The van der Waals surface area contributed by atoms with Gasteiger partial charge in [0.05, 0.1) is 0 Å². The minimum absolute atomic E-state index is 0.129. The highest BCUT2D eigenvalue weighted by Crippen LogP contribution is 2.31. The summed E-state index contributed by atoms with van der Waals surface area (Å²) >= 11 is 0. The Kier molecular flexibility index (Phi) is 2.98. The van der Waals surface area contributed by atoms with Crippen LogP contribution in [-0.2, 0) is 6.42 Å². The maximum absolute atomic E-state index is 12.1. The lowest BCUT2D eigenvalue weighted by Crippen LogP contribution is -2.23. The van der Waals surface area contributed by atoms with Gasteiger partial charge in [0.1, 0.15) is 12.0 Å². The van der Waals surface area contributed by atoms with Crippen molar-refractivity contribution in [3.63, 3.8) is 0 Å². The Balaban J connectivity index is 2.20. The summed E-state index contributed by atoms with van der Waals surface area (Å²) < 4.78 is 0. The van der Waals surface area contributed by atoms with Gasteiger partial charge in [-0.15, -0.1) is 0 Å². The minimum atomic E-state index is -0.300. The fraction of sp³-hybridized carbons (Fsp3) is 0.214. The molecule has 4 N–H and O–H groups in total. The largest absolute Gasteiger partial charge is 0.350 e. The number of hydrazone groups is 1. The number of hydrogen-bond donors (Lipinski definition) is 3. The summed E-state index contributed by atoms with van der Waals surface area (Å²) in [5.74, 6) is 4.81. The van der Waals surface area contributed by atoms with E-state index in [1.807, 2.05) is 18.2 Å². The van der Waals surface area contributed by atoms with Crippen LogP contribution in [0.1, 0.15) is 39.3 Å². The van der Waals surface area contributed by atoms with E-state index in [-0.39, 0.29) is 11.7 Å². The number of aromatic nitrogens is 1. The number of rotatable bonds is 2. The van der Waals surface area contributed by atoms with E-state index < -0.39 is 0 Å². The lowest BCUT2D eigenvalue weighted by Gasteiger charge is -2.01. The Morgan fingerprint density at radius 2 is 2.25 bits per heavy atom. The van der Waals surface area contributed by atoms with E-state index in [4.69, 9.17) is 5.84 Å². The van der Waals surface area contributed by atoms with Crippen LogP contribution in [0, 0.1) is 0 Å². The van der Waals surface area contributed by atoms with Crippen molar-refractivity contribution in [3.05, 3.63) is 35.0 Å². The molecule has 3 rings (SSSR count). The number of nitrogens with zero attached hydrogens (tertiary/aromatic N) is 1. The Bertz CT molecular complexity index is 730. The number of benzene rings is 1. The van der Waals surface area contributed by atoms with Gasteiger partial charge in [-0.25, -0.2) is 0 Å². The third kappa shape index (κ3) is 1.85. The maximum Gasteiger partial charge on any atom is 0.273 e. The lowest BCUT2D eigenvalue weighted by molar-refractivity contribution is 0.0970. The van der Waals surface area contributed by atoms with E-state index in [0.717, 1.165) is 29.2 Å². The zero-order chi connectivity index (χ0) is 14.1. The number of H-pyrrole nitrogens is 1. The average molecular weight is 270 g/mol. The van der Waals surface area contributed by atoms with Gasteiger partial charge in [-0.1, -0.05) is 12.1 Å². The molecule has 1 aromatic carbocycles. The van der Waals surface area contributed by atoms with Crippen LogP contribution < -0.4 is 11.2 Å². The summed E-state index contributed by atoms with van der Waals surface area (Å²) in [7, 11) is 0. The molecule has 1 heterocycles. The molecule has 1 aliphatic rings. The number of Topliss-reactive ketones (excluding diaryl/α,β-unsaturated/α-hetero) is 1. The molecule has 0 aliphatic heterocycles. The molecular formula is C14H14N4O2. The zero-order valence-electron chi connectivity index (χ0n) is 10.8. The summed E-state index contributed by atoms with van der Waals surface area (Å²) in [6.45, 7) is 0. The van der Waals surface area contributed by atoms with Gasteiger partial charge in [0.25, 0.3) is 5.91 Å². The first-order chi connectivity index (χ1) is 9.72.